The lowest BCUT2D eigenvalue weighted by molar-refractivity contribution is 0.559. The van der Waals surface area contributed by atoms with Crippen molar-refractivity contribution in [3.8, 4) is 0 Å². The lowest BCUT2D eigenvalue weighted by atomic mass is 10.1. The Hall–Kier alpha value is -1.21. The molecule has 0 spiro atoms. The van der Waals surface area contributed by atoms with Crippen LogP contribution in [0.4, 0.5) is 10.1 Å². The minimum Gasteiger partial charge on any atom is -0.389 e. The molecule has 19 heavy (non-hydrogen) atoms. The molecule has 1 saturated heterocycles. The van der Waals surface area contributed by atoms with Gasteiger partial charge in [0.2, 0.25) is 0 Å². The van der Waals surface area contributed by atoms with Gasteiger partial charge in [-0.05, 0) is 31.0 Å². The van der Waals surface area contributed by atoms with Crippen molar-refractivity contribution in [2.24, 2.45) is 5.73 Å². The van der Waals surface area contributed by atoms with Crippen molar-refractivity contribution in [2.45, 2.75) is 18.9 Å². The monoisotopic (exact) mass is 302 g/mol. The molecule has 0 aromatic heterocycles. The molecular weight excluding hydrogens is 287 g/mol. The van der Waals surface area contributed by atoms with Gasteiger partial charge >= 0.3 is 0 Å². The topological polar surface area (TPSA) is 72.2 Å². The van der Waals surface area contributed by atoms with Gasteiger partial charge in [-0.1, -0.05) is 12.2 Å². The van der Waals surface area contributed by atoms with E-state index in [-0.39, 0.29) is 28.1 Å². The molecule has 1 fully saturated rings. The molecule has 0 radical (unpaired) electrons. The summed E-state index contributed by atoms with van der Waals surface area (Å²) >= 11 is 4.73. The lowest BCUT2D eigenvalue weighted by Crippen LogP contribution is -2.32. The zero-order chi connectivity index (χ0) is 14.0. The first-order chi connectivity index (χ1) is 8.87. The van der Waals surface area contributed by atoms with Gasteiger partial charge in [0.25, 0.3) is 0 Å². The summed E-state index contributed by atoms with van der Waals surface area (Å²) in [5.41, 5.74) is 6.21. The molecule has 0 unspecified atom stereocenters. The van der Waals surface area contributed by atoms with E-state index in [9.17, 15) is 12.8 Å². The highest BCUT2D eigenvalue weighted by Crippen LogP contribution is 2.20. The SMILES string of the molecule is NC(=S)c1ccc(NC2CCS(=O)(=O)CC2)cc1F. The molecule has 1 heterocycles. The second-order valence-electron chi connectivity index (χ2n) is 4.63. The Balaban J connectivity index is 2.04. The summed E-state index contributed by atoms with van der Waals surface area (Å²) in [6, 6.07) is 4.61. The number of nitrogens with one attached hydrogen (secondary N) is 1. The molecule has 0 aliphatic carbocycles. The van der Waals surface area contributed by atoms with Crippen LogP contribution in [-0.2, 0) is 9.84 Å². The normalized spacial score (nSPS) is 19.0. The van der Waals surface area contributed by atoms with Crippen molar-refractivity contribution in [1.29, 1.82) is 0 Å². The Bertz CT molecular complexity index is 588. The number of anilines is 1. The van der Waals surface area contributed by atoms with Crippen LogP contribution >= 0.6 is 12.2 Å². The molecule has 7 heteroatoms. The van der Waals surface area contributed by atoms with Crippen molar-refractivity contribution in [1.82, 2.24) is 0 Å². The van der Waals surface area contributed by atoms with Crippen LogP contribution in [0.1, 0.15) is 18.4 Å². The largest absolute Gasteiger partial charge is 0.389 e. The summed E-state index contributed by atoms with van der Waals surface area (Å²) < 4.78 is 36.3. The van der Waals surface area contributed by atoms with Gasteiger partial charge in [0.05, 0.1) is 11.5 Å². The van der Waals surface area contributed by atoms with E-state index < -0.39 is 15.7 Å². The molecule has 1 aliphatic heterocycles. The van der Waals surface area contributed by atoms with Crippen LogP contribution in [-0.4, -0.2) is 31.0 Å². The van der Waals surface area contributed by atoms with Gasteiger partial charge in [-0.25, -0.2) is 12.8 Å². The first kappa shape index (κ1) is 14.2. The zero-order valence-corrected chi connectivity index (χ0v) is 11.9. The third-order valence-corrected chi connectivity index (χ3v) is 5.10. The second kappa shape index (κ2) is 5.42. The van der Waals surface area contributed by atoms with E-state index in [1.807, 2.05) is 0 Å². The van der Waals surface area contributed by atoms with Crippen LogP contribution in [0.15, 0.2) is 18.2 Å². The number of hydrogen-bond donors (Lipinski definition) is 2. The highest BCUT2D eigenvalue weighted by Gasteiger charge is 2.23. The summed E-state index contributed by atoms with van der Waals surface area (Å²) in [7, 11) is -2.88. The summed E-state index contributed by atoms with van der Waals surface area (Å²) in [4.78, 5) is 0.0211. The fraction of sp³-hybridized carbons (Fsp3) is 0.417. The van der Waals surface area contributed by atoms with Crippen LogP contribution in [0.2, 0.25) is 0 Å². The molecule has 3 N–H and O–H groups in total. The maximum absolute atomic E-state index is 13.7. The number of thiocarbonyl (C=S) groups is 1. The van der Waals surface area contributed by atoms with E-state index in [2.05, 4.69) is 5.32 Å². The Morgan fingerprint density at radius 3 is 2.53 bits per heavy atom. The van der Waals surface area contributed by atoms with Crippen LogP contribution in [0, 0.1) is 5.82 Å². The minimum atomic E-state index is -2.88. The minimum absolute atomic E-state index is 0.0211. The Morgan fingerprint density at radius 2 is 2.00 bits per heavy atom. The van der Waals surface area contributed by atoms with Gasteiger partial charge in [0, 0.05) is 17.3 Å². The summed E-state index contributed by atoms with van der Waals surface area (Å²) in [6.45, 7) is 0. The summed E-state index contributed by atoms with van der Waals surface area (Å²) in [6.07, 6.45) is 1.09. The van der Waals surface area contributed by atoms with E-state index in [4.69, 9.17) is 18.0 Å². The maximum Gasteiger partial charge on any atom is 0.150 e. The number of nitrogens with two attached hydrogens (primary N) is 1. The molecule has 1 aromatic carbocycles. The molecule has 104 valence electrons. The van der Waals surface area contributed by atoms with Crippen molar-refractivity contribution >= 4 is 32.7 Å². The van der Waals surface area contributed by atoms with E-state index >= 15 is 0 Å². The first-order valence-electron chi connectivity index (χ1n) is 5.94. The molecule has 4 nitrogen and oxygen atoms in total. The Labute approximate surface area is 117 Å². The first-order valence-corrected chi connectivity index (χ1v) is 8.17. The van der Waals surface area contributed by atoms with Crippen molar-refractivity contribution < 1.29 is 12.8 Å². The number of halogens is 1. The van der Waals surface area contributed by atoms with Gasteiger partial charge in [-0.15, -0.1) is 0 Å². The zero-order valence-electron chi connectivity index (χ0n) is 10.2. The summed E-state index contributed by atoms with van der Waals surface area (Å²) in [5.74, 6) is -0.114. The van der Waals surface area contributed by atoms with Crippen LogP contribution < -0.4 is 11.1 Å². The molecule has 0 saturated carbocycles. The van der Waals surface area contributed by atoms with Gasteiger partial charge < -0.3 is 11.1 Å². The molecular formula is C12H15FN2O2S2. The van der Waals surface area contributed by atoms with E-state index in [0.717, 1.165) is 0 Å². The lowest BCUT2D eigenvalue weighted by Gasteiger charge is -2.24. The van der Waals surface area contributed by atoms with Crippen LogP contribution in [0.5, 0.6) is 0 Å². The molecule has 1 aromatic rings. The standard InChI is InChI=1S/C12H15FN2O2S2/c13-11-7-9(1-2-10(11)12(14)18)15-8-3-5-19(16,17)6-4-8/h1-2,7-8,15H,3-6H2,(H2,14,18). The molecule has 0 amide bonds. The molecule has 0 atom stereocenters. The van der Waals surface area contributed by atoms with E-state index in [1.54, 1.807) is 6.07 Å². The van der Waals surface area contributed by atoms with E-state index in [1.165, 1.54) is 12.1 Å². The van der Waals surface area contributed by atoms with E-state index in [0.29, 0.717) is 18.5 Å². The second-order valence-corrected chi connectivity index (χ2v) is 7.37. The molecule has 1 aliphatic rings. The predicted octanol–water partition coefficient (Wildman–Crippen LogP) is 1.45. The van der Waals surface area contributed by atoms with Gasteiger partial charge in [0.15, 0.2) is 0 Å². The van der Waals surface area contributed by atoms with Crippen molar-refractivity contribution in [2.75, 3.05) is 16.8 Å². The third kappa shape index (κ3) is 3.63. The average Bonchev–Trinajstić information content (AvgIpc) is 2.31. The Morgan fingerprint density at radius 1 is 1.37 bits per heavy atom. The predicted molar refractivity (Wildman–Crippen MR) is 77.6 cm³/mol. The number of rotatable bonds is 3. The van der Waals surface area contributed by atoms with Crippen molar-refractivity contribution in [3.05, 3.63) is 29.6 Å². The number of benzene rings is 1. The molecule has 2 rings (SSSR count). The molecule has 0 bridgehead atoms. The van der Waals surface area contributed by atoms with Gasteiger partial charge in [-0.2, -0.15) is 0 Å². The van der Waals surface area contributed by atoms with Gasteiger partial charge in [0.1, 0.15) is 20.6 Å². The fourth-order valence-electron chi connectivity index (χ4n) is 2.07. The highest BCUT2D eigenvalue weighted by atomic mass is 32.2. The highest BCUT2D eigenvalue weighted by molar-refractivity contribution is 7.91. The number of sulfone groups is 1. The average molecular weight is 302 g/mol. The van der Waals surface area contributed by atoms with Crippen LogP contribution in [0.3, 0.4) is 0 Å². The number of hydrogen-bond acceptors (Lipinski definition) is 4. The van der Waals surface area contributed by atoms with Crippen molar-refractivity contribution in [3.63, 3.8) is 0 Å². The summed E-state index contributed by atoms with van der Waals surface area (Å²) in [5, 5.41) is 3.14. The quantitative estimate of drug-likeness (QED) is 0.827. The van der Waals surface area contributed by atoms with Crippen LogP contribution in [0.25, 0.3) is 0 Å². The third-order valence-electron chi connectivity index (χ3n) is 3.16. The maximum atomic E-state index is 13.7. The fourth-order valence-corrected chi connectivity index (χ4v) is 3.73. The smallest absolute Gasteiger partial charge is 0.150 e. The Kier molecular flexibility index (Phi) is 4.05. The van der Waals surface area contributed by atoms with Gasteiger partial charge in [-0.3, -0.25) is 0 Å².